The van der Waals surface area contributed by atoms with Gasteiger partial charge < -0.3 is 25.2 Å². The number of unbranched alkanes of at least 4 members (excludes halogenated alkanes) is 2. The molecule has 3 aromatic rings. The molecular weight excluding hydrogens is 712 g/mol. The fourth-order valence-corrected chi connectivity index (χ4v) is 6.44. The van der Waals surface area contributed by atoms with Crippen molar-refractivity contribution in [2.45, 2.75) is 75.8 Å². The molecule has 5 rings (SSSR count). The Morgan fingerprint density at radius 2 is 1.79 bits per heavy atom. The molecule has 0 spiro atoms. The van der Waals surface area contributed by atoms with E-state index in [0.29, 0.717) is 51.3 Å². The molecule has 2 atom stereocenters. The standard InChI is InChI=1S/C35H37F6N7O5/c1-2-33(43)18-24(30-26(7-8-28(46-30)35(39,40)41)48(33)32(51)53-11-5-3-4-6-29(49)50)31-44-20-27(47-9-12-52-13-10-47)25(45-31)17-21-14-22(19-42)16-23(15-21)34(36,37)38/h7-8,14-16,20,24H,2-6,9-13,17-18,43H2,1H3,(H,49,50)/t24-,33+/m0/s1. The molecule has 53 heavy (non-hydrogen) atoms. The predicted molar refractivity (Wildman–Crippen MR) is 177 cm³/mol. The average molecular weight is 750 g/mol. The number of alkyl halides is 6. The molecule has 2 aliphatic rings. The number of hydrogen-bond donors (Lipinski definition) is 2. The molecule has 1 amide bonds. The monoisotopic (exact) mass is 749 g/mol. The molecule has 12 nitrogen and oxygen atoms in total. The molecule has 284 valence electrons. The van der Waals surface area contributed by atoms with Crippen molar-refractivity contribution in [1.82, 2.24) is 15.0 Å². The number of aromatic nitrogens is 3. The highest BCUT2D eigenvalue weighted by Crippen LogP contribution is 2.46. The first-order valence-electron chi connectivity index (χ1n) is 16.9. The number of rotatable bonds is 11. The number of amides is 1. The first-order chi connectivity index (χ1) is 25.0. The zero-order valence-corrected chi connectivity index (χ0v) is 28.6. The van der Waals surface area contributed by atoms with Gasteiger partial charge in [0.15, 0.2) is 0 Å². The van der Waals surface area contributed by atoms with Crippen LogP contribution in [0, 0.1) is 11.3 Å². The summed E-state index contributed by atoms with van der Waals surface area (Å²) in [5.41, 5.74) is 3.39. The van der Waals surface area contributed by atoms with Gasteiger partial charge in [-0.25, -0.2) is 19.7 Å². The summed E-state index contributed by atoms with van der Waals surface area (Å²) < 4.78 is 94.4. The summed E-state index contributed by atoms with van der Waals surface area (Å²) in [6.45, 7) is 3.10. The first kappa shape index (κ1) is 39.2. The SMILES string of the molecule is CC[C@]1(N)C[C@H](c2ncc(N3CCOCC3)c(Cc3cc(C#N)cc(C(F)(F)F)c3)n2)c2nc(C(F)(F)F)ccc2N1C(=O)OCCCCCC(=O)O. The highest BCUT2D eigenvalue weighted by Gasteiger charge is 2.48. The molecular formula is C35H37F6N7O5. The molecule has 1 fully saturated rings. The van der Waals surface area contributed by atoms with Gasteiger partial charge in [0.25, 0.3) is 0 Å². The van der Waals surface area contributed by atoms with Crippen molar-refractivity contribution in [3.63, 3.8) is 0 Å². The first-order valence-corrected chi connectivity index (χ1v) is 16.9. The van der Waals surface area contributed by atoms with E-state index in [1.807, 2.05) is 4.90 Å². The van der Waals surface area contributed by atoms with E-state index in [0.717, 1.165) is 29.2 Å². The van der Waals surface area contributed by atoms with Gasteiger partial charge in [-0.2, -0.15) is 31.6 Å². The van der Waals surface area contributed by atoms with Gasteiger partial charge in [-0.05, 0) is 68.0 Å². The minimum atomic E-state index is -4.86. The number of nitrogens with two attached hydrogens (primary N) is 1. The summed E-state index contributed by atoms with van der Waals surface area (Å²) in [4.78, 5) is 40.5. The lowest BCUT2D eigenvalue weighted by atomic mass is 9.83. The number of benzene rings is 1. The normalized spacial score (nSPS) is 19.0. The molecule has 0 saturated carbocycles. The van der Waals surface area contributed by atoms with Crippen LogP contribution in [0.3, 0.4) is 0 Å². The van der Waals surface area contributed by atoms with E-state index < -0.39 is 47.3 Å². The molecule has 18 heteroatoms. The number of hydrogen-bond acceptors (Lipinski definition) is 10. The van der Waals surface area contributed by atoms with Crippen molar-refractivity contribution in [2.75, 3.05) is 42.7 Å². The highest BCUT2D eigenvalue weighted by molar-refractivity contribution is 5.91. The maximum absolute atomic E-state index is 14.0. The largest absolute Gasteiger partial charge is 0.481 e. The van der Waals surface area contributed by atoms with Gasteiger partial charge in [0.05, 0.1) is 71.9 Å². The van der Waals surface area contributed by atoms with Gasteiger partial charge in [-0.15, -0.1) is 0 Å². The van der Waals surface area contributed by atoms with Crippen LogP contribution in [0.2, 0.25) is 0 Å². The number of pyridine rings is 1. The van der Waals surface area contributed by atoms with Gasteiger partial charge in [-0.1, -0.05) is 6.92 Å². The van der Waals surface area contributed by atoms with E-state index >= 15 is 0 Å². The van der Waals surface area contributed by atoms with Gasteiger partial charge in [0.2, 0.25) is 0 Å². The number of fused-ring (bicyclic) bond motifs is 1. The number of anilines is 2. The minimum absolute atomic E-state index is 0.0210. The van der Waals surface area contributed by atoms with Crippen molar-refractivity contribution in [2.24, 2.45) is 5.73 Å². The van der Waals surface area contributed by atoms with Crippen LogP contribution in [0.15, 0.2) is 36.5 Å². The number of carboxylic acid groups (broad SMARTS) is 1. The number of nitrogens with zero attached hydrogens (tertiary/aromatic N) is 6. The van der Waals surface area contributed by atoms with Crippen LogP contribution in [0.4, 0.5) is 42.5 Å². The number of carbonyl (C=O) groups excluding carboxylic acids is 1. The maximum atomic E-state index is 14.0. The van der Waals surface area contributed by atoms with Crippen molar-refractivity contribution >= 4 is 23.4 Å². The second-order valence-electron chi connectivity index (χ2n) is 12.8. The second-order valence-corrected chi connectivity index (χ2v) is 12.8. The number of nitriles is 1. The zero-order valence-electron chi connectivity index (χ0n) is 28.6. The Labute approximate surface area is 300 Å². The second kappa shape index (κ2) is 15.9. The lowest BCUT2D eigenvalue weighted by molar-refractivity contribution is -0.141. The van der Waals surface area contributed by atoms with E-state index in [-0.39, 0.29) is 66.3 Å². The highest BCUT2D eigenvalue weighted by atomic mass is 19.4. The summed E-state index contributed by atoms with van der Waals surface area (Å²) in [6, 6.07) is 6.51. The fraction of sp³-hybridized carbons (Fsp3) is 0.486. The third kappa shape index (κ3) is 9.14. The van der Waals surface area contributed by atoms with E-state index in [9.17, 15) is 41.2 Å². The van der Waals surface area contributed by atoms with Crippen molar-refractivity contribution < 1.29 is 50.5 Å². The van der Waals surface area contributed by atoms with E-state index in [1.165, 1.54) is 12.3 Å². The average Bonchev–Trinajstić information content (AvgIpc) is 3.11. The Morgan fingerprint density at radius 1 is 1.06 bits per heavy atom. The topological polar surface area (TPSA) is 168 Å². The Morgan fingerprint density at radius 3 is 2.43 bits per heavy atom. The third-order valence-corrected chi connectivity index (χ3v) is 9.17. The molecule has 0 unspecified atom stereocenters. The zero-order chi connectivity index (χ0) is 38.6. The number of morpholine rings is 1. The summed E-state index contributed by atoms with van der Waals surface area (Å²) in [6.07, 6.45) is -8.27. The van der Waals surface area contributed by atoms with Gasteiger partial charge in [-0.3, -0.25) is 9.69 Å². The molecule has 0 radical (unpaired) electrons. The van der Waals surface area contributed by atoms with E-state index in [1.54, 1.807) is 13.0 Å². The third-order valence-electron chi connectivity index (χ3n) is 9.17. The van der Waals surface area contributed by atoms with Crippen molar-refractivity contribution in [1.29, 1.82) is 5.26 Å². The number of aliphatic carboxylic acids is 1. The van der Waals surface area contributed by atoms with E-state index in [4.69, 9.17) is 25.3 Å². The lowest BCUT2D eigenvalue weighted by Crippen LogP contribution is -2.62. The van der Waals surface area contributed by atoms with Crippen LogP contribution >= 0.6 is 0 Å². The number of halogens is 6. The molecule has 0 aliphatic carbocycles. The Kier molecular flexibility index (Phi) is 11.8. The Bertz CT molecular complexity index is 1860. The molecule has 1 aromatic carbocycles. The van der Waals surface area contributed by atoms with Gasteiger partial charge >= 0.3 is 24.4 Å². The molecule has 2 aromatic heterocycles. The summed E-state index contributed by atoms with van der Waals surface area (Å²) in [7, 11) is 0. The fourth-order valence-electron chi connectivity index (χ4n) is 6.44. The summed E-state index contributed by atoms with van der Waals surface area (Å²) in [5, 5.41) is 18.3. The van der Waals surface area contributed by atoms with Crippen LogP contribution in [0.5, 0.6) is 0 Å². The van der Waals surface area contributed by atoms with Crippen LogP contribution in [-0.2, 0) is 33.0 Å². The maximum Gasteiger partial charge on any atom is 0.433 e. The lowest BCUT2D eigenvalue weighted by Gasteiger charge is -2.46. The van der Waals surface area contributed by atoms with Crippen LogP contribution in [0.1, 0.15) is 91.0 Å². The summed E-state index contributed by atoms with van der Waals surface area (Å²) >= 11 is 0. The van der Waals surface area contributed by atoms with Gasteiger partial charge in [0.1, 0.15) is 17.2 Å². The molecule has 0 bridgehead atoms. The Hall–Kier alpha value is -5.02. The van der Waals surface area contributed by atoms with Crippen LogP contribution in [-0.4, -0.2) is 70.7 Å². The molecule has 2 aliphatic heterocycles. The van der Waals surface area contributed by atoms with Crippen molar-refractivity contribution in [3.05, 3.63) is 76.1 Å². The minimum Gasteiger partial charge on any atom is -0.481 e. The molecule has 3 N–H and O–H groups in total. The number of carbonyl (C=O) groups is 2. The number of ether oxygens (including phenoxy) is 2. The van der Waals surface area contributed by atoms with Gasteiger partial charge in [0, 0.05) is 25.9 Å². The van der Waals surface area contributed by atoms with Crippen molar-refractivity contribution in [3.8, 4) is 6.07 Å². The van der Waals surface area contributed by atoms with E-state index in [2.05, 4.69) is 9.97 Å². The van der Waals surface area contributed by atoms with Crippen LogP contribution < -0.4 is 15.5 Å². The predicted octanol–water partition coefficient (Wildman–Crippen LogP) is 6.40. The van der Waals surface area contributed by atoms with Crippen LogP contribution in [0.25, 0.3) is 0 Å². The quantitative estimate of drug-likeness (QED) is 0.165. The Balaban J connectivity index is 1.58. The number of carboxylic acids is 1. The summed E-state index contributed by atoms with van der Waals surface area (Å²) in [5.74, 6) is -2.09. The smallest absolute Gasteiger partial charge is 0.433 e. The molecule has 4 heterocycles. The molecule has 1 saturated heterocycles.